The molecule has 0 bridgehead atoms. The highest BCUT2D eigenvalue weighted by molar-refractivity contribution is 6.03. The summed E-state index contributed by atoms with van der Waals surface area (Å²) in [4.78, 5) is 12.5. The molecule has 0 saturated heterocycles. The summed E-state index contributed by atoms with van der Waals surface area (Å²) < 4.78 is 19.1. The largest absolute Gasteiger partial charge is 0.372 e. The van der Waals surface area contributed by atoms with Crippen molar-refractivity contribution >= 4 is 5.78 Å². The van der Waals surface area contributed by atoms with Gasteiger partial charge in [-0.25, -0.2) is 4.39 Å². The van der Waals surface area contributed by atoms with Crippen molar-refractivity contribution in [2.75, 3.05) is 0 Å². The lowest BCUT2D eigenvalue weighted by Crippen LogP contribution is -2.13. The Balaban J connectivity index is 1.97. The van der Waals surface area contributed by atoms with Gasteiger partial charge in [-0.3, -0.25) is 4.79 Å². The van der Waals surface area contributed by atoms with E-state index in [0.29, 0.717) is 18.8 Å². The molecule has 0 spiro atoms. The molecule has 1 aliphatic heterocycles. The van der Waals surface area contributed by atoms with Gasteiger partial charge in [0.15, 0.2) is 5.78 Å². The maximum Gasteiger partial charge on any atom is 0.184 e. The molecule has 0 N–H and O–H groups in total. The lowest BCUT2D eigenvalue weighted by molar-refractivity contribution is 0.0977. The average molecular weight is 281 g/mol. The number of hydrogen-bond acceptors (Lipinski definition) is 3. The second kappa shape index (κ2) is 5.47. The second-order valence-electron chi connectivity index (χ2n) is 4.92. The van der Waals surface area contributed by atoms with Crippen molar-refractivity contribution in [3.63, 3.8) is 0 Å². The van der Waals surface area contributed by atoms with Crippen LogP contribution in [0.15, 0.2) is 42.5 Å². The number of nitriles is 1. The summed E-state index contributed by atoms with van der Waals surface area (Å²) in [7, 11) is 0. The van der Waals surface area contributed by atoms with Crippen molar-refractivity contribution in [1.82, 2.24) is 0 Å². The SMILES string of the molecule is N#CC(C(=O)c1ccc2c(c1)COC2)c1ccccc1F. The van der Waals surface area contributed by atoms with E-state index < -0.39 is 17.5 Å². The molecule has 2 aromatic rings. The fourth-order valence-electron chi connectivity index (χ4n) is 2.47. The summed E-state index contributed by atoms with van der Waals surface area (Å²) in [6, 6.07) is 13.0. The number of hydrogen-bond donors (Lipinski definition) is 0. The highest BCUT2D eigenvalue weighted by Crippen LogP contribution is 2.26. The number of carbonyl (C=O) groups excluding carboxylic acids is 1. The number of halogens is 1. The van der Waals surface area contributed by atoms with Crippen LogP contribution in [0.3, 0.4) is 0 Å². The van der Waals surface area contributed by atoms with Crippen LogP contribution in [-0.2, 0) is 18.0 Å². The molecular weight excluding hydrogens is 269 g/mol. The Morgan fingerprint density at radius 2 is 1.95 bits per heavy atom. The normalized spacial score (nSPS) is 14.3. The lowest BCUT2D eigenvalue weighted by Gasteiger charge is -2.10. The molecule has 0 aliphatic carbocycles. The Morgan fingerprint density at radius 1 is 1.19 bits per heavy atom. The fraction of sp³-hybridized carbons (Fsp3) is 0.176. The fourth-order valence-corrected chi connectivity index (χ4v) is 2.47. The number of carbonyl (C=O) groups is 1. The van der Waals surface area contributed by atoms with Gasteiger partial charge in [-0.1, -0.05) is 30.3 Å². The van der Waals surface area contributed by atoms with Gasteiger partial charge in [0.05, 0.1) is 19.3 Å². The van der Waals surface area contributed by atoms with E-state index >= 15 is 0 Å². The maximum absolute atomic E-state index is 13.8. The standard InChI is InChI=1S/C17H12FNO2/c18-16-4-2-1-3-14(16)15(8-19)17(20)11-5-6-12-9-21-10-13(12)7-11/h1-7,15H,9-10H2. The van der Waals surface area contributed by atoms with Crippen LogP contribution in [0.25, 0.3) is 0 Å². The van der Waals surface area contributed by atoms with Gasteiger partial charge in [0.2, 0.25) is 0 Å². The minimum absolute atomic E-state index is 0.113. The Labute approximate surface area is 121 Å². The van der Waals surface area contributed by atoms with Crippen molar-refractivity contribution in [2.45, 2.75) is 19.1 Å². The summed E-state index contributed by atoms with van der Waals surface area (Å²) in [5.41, 5.74) is 2.52. The van der Waals surface area contributed by atoms with Crippen molar-refractivity contribution in [2.24, 2.45) is 0 Å². The Kier molecular flexibility index (Phi) is 3.51. The zero-order chi connectivity index (χ0) is 14.8. The van der Waals surface area contributed by atoms with E-state index in [0.717, 1.165) is 11.1 Å². The predicted molar refractivity (Wildman–Crippen MR) is 74.0 cm³/mol. The first kappa shape index (κ1) is 13.5. The van der Waals surface area contributed by atoms with E-state index in [1.807, 2.05) is 12.1 Å². The Bertz CT molecular complexity index is 749. The number of benzene rings is 2. The van der Waals surface area contributed by atoms with Gasteiger partial charge in [-0.15, -0.1) is 0 Å². The molecule has 0 fully saturated rings. The summed E-state index contributed by atoms with van der Waals surface area (Å²) in [5.74, 6) is -2.06. The van der Waals surface area contributed by atoms with Crippen molar-refractivity contribution in [3.05, 3.63) is 70.5 Å². The number of nitrogens with zero attached hydrogens (tertiary/aromatic N) is 1. The van der Waals surface area contributed by atoms with Gasteiger partial charge in [0.25, 0.3) is 0 Å². The van der Waals surface area contributed by atoms with Gasteiger partial charge in [-0.05, 0) is 23.3 Å². The summed E-state index contributed by atoms with van der Waals surface area (Å²) in [5, 5.41) is 9.27. The first-order chi connectivity index (χ1) is 10.2. The molecule has 104 valence electrons. The number of Topliss-reactive ketones (excluding diaryl/α,β-unsaturated/α-hetero) is 1. The molecule has 2 aromatic carbocycles. The van der Waals surface area contributed by atoms with Crippen LogP contribution in [0.1, 0.15) is 33.0 Å². The van der Waals surface area contributed by atoms with Gasteiger partial charge in [-0.2, -0.15) is 5.26 Å². The molecule has 21 heavy (non-hydrogen) atoms. The predicted octanol–water partition coefficient (Wildman–Crippen LogP) is 3.35. The van der Waals surface area contributed by atoms with Crippen molar-refractivity contribution < 1.29 is 13.9 Å². The van der Waals surface area contributed by atoms with Gasteiger partial charge in [0.1, 0.15) is 11.7 Å². The van der Waals surface area contributed by atoms with E-state index in [4.69, 9.17) is 4.74 Å². The minimum Gasteiger partial charge on any atom is -0.372 e. The zero-order valence-corrected chi connectivity index (χ0v) is 11.2. The molecular formula is C17H12FNO2. The minimum atomic E-state index is -1.13. The molecule has 4 heteroatoms. The summed E-state index contributed by atoms with van der Waals surface area (Å²) in [6.07, 6.45) is 0. The van der Waals surface area contributed by atoms with E-state index in [2.05, 4.69) is 0 Å². The molecule has 1 atom stereocenters. The van der Waals surface area contributed by atoms with E-state index in [9.17, 15) is 14.4 Å². The maximum atomic E-state index is 13.8. The number of ketones is 1. The number of rotatable bonds is 3. The summed E-state index contributed by atoms with van der Waals surface area (Å²) in [6.45, 7) is 1.01. The molecule has 0 aromatic heterocycles. The van der Waals surface area contributed by atoms with Crippen LogP contribution < -0.4 is 0 Å². The Morgan fingerprint density at radius 3 is 2.71 bits per heavy atom. The van der Waals surface area contributed by atoms with Crippen molar-refractivity contribution in [3.8, 4) is 6.07 Å². The molecule has 3 nitrogen and oxygen atoms in total. The van der Waals surface area contributed by atoms with Crippen LogP contribution >= 0.6 is 0 Å². The molecule has 1 aliphatic rings. The zero-order valence-electron chi connectivity index (χ0n) is 11.2. The van der Waals surface area contributed by atoms with Gasteiger partial charge < -0.3 is 4.74 Å². The first-order valence-corrected chi connectivity index (χ1v) is 6.58. The quantitative estimate of drug-likeness (QED) is 0.811. The third-order valence-corrected chi connectivity index (χ3v) is 3.61. The van der Waals surface area contributed by atoms with Crippen molar-refractivity contribution in [1.29, 1.82) is 5.26 Å². The van der Waals surface area contributed by atoms with Crippen LogP contribution in [0.2, 0.25) is 0 Å². The van der Waals surface area contributed by atoms with Crippen LogP contribution in [0.5, 0.6) is 0 Å². The average Bonchev–Trinajstić information content (AvgIpc) is 2.97. The van der Waals surface area contributed by atoms with Gasteiger partial charge >= 0.3 is 0 Å². The number of fused-ring (bicyclic) bond motifs is 1. The highest BCUT2D eigenvalue weighted by atomic mass is 19.1. The lowest BCUT2D eigenvalue weighted by atomic mass is 9.90. The molecule has 1 heterocycles. The molecule has 0 amide bonds. The highest BCUT2D eigenvalue weighted by Gasteiger charge is 2.25. The van der Waals surface area contributed by atoms with E-state index in [1.54, 1.807) is 18.2 Å². The monoisotopic (exact) mass is 281 g/mol. The topological polar surface area (TPSA) is 50.1 Å². The molecule has 0 radical (unpaired) electrons. The van der Waals surface area contributed by atoms with Crippen LogP contribution in [-0.4, -0.2) is 5.78 Å². The summed E-state index contributed by atoms with van der Waals surface area (Å²) >= 11 is 0. The van der Waals surface area contributed by atoms with Gasteiger partial charge in [0, 0.05) is 11.1 Å². The van der Waals surface area contributed by atoms with Crippen LogP contribution in [0.4, 0.5) is 4.39 Å². The van der Waals surface area contributed by atoms with E-state index in [1.165, 1.54) is 18.2 Å². The van der Waals surface area contributed by atoms with Crippen LogP contribution in [0, 0.1) is 17.1 Å². The third-order valence-electron chi connectivity index (χ3n) is 3.61. The number of ether oxygens (including phenoxy) is 1. The smallest absolute Gasteiger partial charge is 0.184 e. The molecule has 3 rings (SSSR count). The second-order valence-corrected chi connectivity index (χ2v) is 4.92. The third kappa shape index (κ3) is 2.44. The Hall–Kier alpha value is -2.51. The molecule has 1 unspecified atom stereocenters. The first-order valence-electron chi connectivity index (χ1n) is 6.58. The van der Waals surface area contributed by atoms with E-state index in [-0.39, 0.29) is 5.56 Å². The molecule has 0 saturated carbocycles.